The van der Waals surface area contributed by atoms with Crippen molar-refractivity contribution >= 4 is 10.8 Å². The second kappa shape index (κ2) is 5.75. The average molecular weight is 253 g/mol. The number of benzene rings is 2. The van der Waals surface area contributed by atoms with E-state index in [2.05, 4.69) is 54.8 Å². The molecule has 19 heavy (non-hydrogen) atoms. The number of fused-ring (bicyclic) bond motifs is 1. The van der Waals surface area contributed by atoms with E-state index in [1.54, 1.807) is 0 Å². The minimum Gasteiger partial charge on any atom is -0.316 e. The van der Waals surface area contributed by atoms with E-state index in [0.29, 0.717) is 12.0 Å². The van der Waals surface area contributed by atoms with Crippen molar-refractivity contribution in [3.05, 3.63) is 48.0 Å². The quantitative estimate of drug-likeness (QED) is 0.778. The van der Waals surface area contributed by atoms with Crippen LogP contribution < -0.4 is 5.32 Å². The van der Waals surface area contributed by atoms with Crippen LogP contribution in [0, 0.1) is 0 Å². The number of rotatable bonds is 2. The lowest BCUT2D eigenvalue weighted by molar-refractivity contribution is 0.439. The minimum absolute atomic E-state index is 0.642. The highest BCUT2D eigenvalue weighted by Crippen LogP contribution is 2.33. The van der Waals surface area contributed by atoms with Crippen LogP contribution >= 0.6 is 0 Å². The van der Waals surface area contributed by atoms with Gasteiger partial charge in [-0.2, -0.15) is 0 Å². The summed E-state index contributed by atoms with van der Waals surface area (Å²) in [6.45, 7) is 0. The van der Waals surface area contributed by atoms with Gasteiger partial charge in [-0.15, -0.1) is 0 Å². The Morgan fingerprint density at radius 3 is 2.53 bits per heavy atom. The van der Waals surface area contributed by atoms with Crippen molar-refractivity contribution in [1.29, 1.82) is 0 Å². The maximum atomic E-state index is 3.54. The van der Waals surface area contributed by atoms with Crippen molar-refractivity contribution < 1.29 is 0 Å². The maximum Gasteiger partial charge on any atom is 0.0133 e. The Morgan fingerprint density at radius 1 is 0.895 bits per heavy atom. The molecule has 0 spiro atoms. The van der Waals surface area contributed by atoms with Crippen LogP contribution in [-0.2, 0) is 0 Å². The van der Waals surface area contributed by atoms with E-state index in [9.17, 15) is 0 Å². The van der Waals surface area contributed by atoms with Gasteiger partial charge in [0.05, 0.1) is 0 Å². The molecule has 1 saturated carbocycles. The zero-order valence-corrected chi connectivity index (χ0v) is 11.7. The van der Waals surface area contributed by atoms with Crippen LogP contribution in [0.5, 0.6) is 0 Å². The van der Waals surface area contributed by atoms with Crippen LogP contribution in [0.25, 0.3) is 10.8 Å². The van der Waals surface area contributed by atoms with Gasteiger partial charge in [-0.25, -0.2) is 0 Å². The van der Waals surface area contributed by atoms with E-state index >= 15 is 0 Å². The molecule has 1 nitrogen and oxygen atoms in total. The summed E-state index contributed by atoms with van der Waals surface area (Å²) >= 11 is 0. The largest absolute Gasteiger partial charge is 0.316 e. The summed E-state index contributed by atoms with van der Waals surface area (Å²) in [6, 6.07) is 16.3. The lowest BCUT2D eigenvalue weighted by Crippen LogP contribution is -2.31. The van der Waals surface area contributed by atoms with Crippen LogP contribution in [0.1, 0.15) is 43.6 Å². The first-order valence-electron chi connectivity index (χ1n) is 7.54. The molecule has 100 valence electrons. The molecule has 0 bridgehead atoms. The molecule has 1 N–H and O–H groups in total. The monoisotopic (exact) mass is 253 g/mol. The van der Waals surface area contributed by atoms with Gasteiger partial charge in [0, 0.05) is 6.04 Å². The van der Waals surface area contributed by atoms with Crippen molar-refractivity contribution in [3.63, 3.8) is 0 Å². The van der Waals surface area contributed by atoms with Crippen LogP contribution in [0.15, 0.2) is 42.5 Å². The zero-order chi connectivity index (χ0) is 13.1. The van der Waals surface area contributed by atoms with Gasteiger partial charge in [-0.3, -0.25) is 0 Å². The molecule has 3 rings (SSSR count). The summed E-state index contributed by atoms with van der Waals surface area (Å²) < 4.78 is 0. The summed E-state index contributed by atoms with van der Waals surface area (Å²) in [5.74, 6) is 0.678. The Balaban J connectivity index is 1.96. The van der Waals surface area contributed by atoms with Gasteiger partial charge in [0.2, 0.25) is 0 Å². The molecule has 2 aromatic rings. The van der Waals surface area contributed by atoms with Crippen LogP contribution in [0.2, 0.25) is 0 Å². The highest BCUT2D eigenvalue weighted by Gasteiger charge is 2.23. The average Bonchev–Trinajstić information content (AvgIpc) is 2.72. The molecule has 0 saturated heterocycles. The maximum absolute atomic E-state index is 3.54. The molecule has 2 unspecified atom stereocenters. The van der Waals surface area contributed by atoms with Crippen LogP contribution in [-0.4, -0.2) is 13.1 Å². The van der Waals surface area contributed by atoms with Gasteiger partial charge in [0.15, 0.2) is 0 Å². The molecule has 1 fully saturated rings. The number of likely N-dealkylation sites (N-methyl/N-ethyl adjacent to an activating group) is 1. The van der Waals surface area contributed by atoms with Gasteiger partial charge >= 0.3 is 0 Å². The van der Waals surface area contributed by atoms with E-state index in [1.165, 1.54) is 48.4 Å². The third-order valence-corrected chi connectivity index (χ3v) is 4.59. The molecule has 2 aromatic carbocycles. The van der Waals surface area contributed by atoms with Gasteiger partial charge in [-0.1, -0.05) is 61.7 Å². The summed E-state index contributed by atoms with van der Waals surface area (Å²) in [6.07, 6.45) is 6.77. The molecular weight excluding hydrogens is 230 g/mol. The topological polar surface area (TPSA) is 12.0 Å². The second-order valence-electron chi connectivity index (χ2n) is 5.75. The Hall–Kier alpha value is -1.34. The second-order valence-corrected chi connectivity index (χ2v) is 5.75. The van der Waals surface area contributed by atoms with Gasteiger partial charge in [0.25, 0.3) is 0 Å². The summed E-state index contributed by atoms with van der Waals surface area (Å²) in [4.78, 5) is 0. The lowest BCUT2D eigenvalue weighted by atomic mass is 9.86. The van der Waals surface area contributed by atoms with E-state index in [-0.39, 0.29) is 0 Å². The Kier molecular flexibility index (Phi) is 3.84. The van der Waals surface area contributed by atoms with Crippen LogP contribution in [0.3, 0.4) is 0 Å². The SMILES string of the molecule is CNC1CCCCCC1c1ccc2ccccc2c1. The minimum atomic E-state index is 0.642. The highest BCUT2D eigenvalue weighted by atomic mass is 14.9. The van der Waals surface area contributed by atoms with Gasteiger partial charge < -0.3 is 5.32 Å². The van der Waals surface area contributed by atoms with Gasteiger partial charge in [0.1, 0.15) is 0 Å². The van der Waals surface area contributed by atoms with E-state index < -0.39 is 0 Å². The molecule has 1 heteroatoms. The number of hydrogen-bond donors (Lipinski definition) is 1. The summed E-state index contributed by atoms with van der Waals surface area (Å²) in [5, 5.41) is 6.26. The molecule has 0 amide bonds. The zero-order valence-electron chi connectivity index (χ0n) is 11.7. The smallest absolute Gasteiger partial charge is 0.0133 e. The van der Waals surface area contributed by atoms with Crippen molar-refractivity contribution in [3.8, 4) is 0 Å². The summed E-state index contributed by atoms with van der Waals surface area (Å²) in [5.41, 5.74) is 1.51. The normalized spacial score (nSPS) is 24.3. The first kappa shape index (κ1) is 12.7. The molecule has 1 aliphatic carbocycles. The molecule has 0 heterocycles. The van der Waals surface area contributed by atoms with E-state index in [1.807, 2.05) is 0 Å². The predicted octanol–water partition coefficient (Wildman–Crippen LogP) is 4.48. The lowest BCUT2D eigenvalue weighted by Gasteiger charge is -2.25. The van der Waals surface area contributed by atoms with Crippen LogP contribution in [0.4, 0.5) is 0 Å². The molecular formula is C18H23N. The van der Waals surface area contributed by atoms with Crippen molar-refractivity contribution in [2.75, 3.05) is 7.05 Å². The molecule has 0 aromatic heterocycles. The fourth-order valence-corrected chi connectivity index (χ4v) is 3.49. The molecule has 0 radical (unpaired) electrons. The van der Waals surface area contributed by atoms with E-state index in [0.717, 1.165) is 0 Å². The number of hydrogen-bond acceptors (Lipinski definition) is 1. The first-order valence-corrected chi connectivity index (χ1v) is 7.54. The number of nitrogens with one attached hydrogen (secondary N) is 1. The predicted molar refractivity (Wildman–Crippen MR) is 82.6 cm³/mol. The Morgan fingerprint density at radius 2 is 1.68 bits per heavy atom. The molecule has 2 atom stereocenters. The first-order chi connectivity index (χ1) is 9.38. The molecule has 1 aliphatic rings. The van der Waals surface area contributed by atoms with Crippen molar-refractivity contribution in [2.45, 2.75) is 44.1 Å². The van der Waals surface area contributed by atoms with Crippen molar-refractivity contribution in [1.82, 2.24) is 5.32 Å². The summed E-state index contributed by atoms with van der Waals surface area (Å²) in [7, 11) is 2.12. The Labute approximate surface area is 116 Å². The standard InChI is InChI=1S/C18H23N/c1-19-18-10-4-2-3-9-17(18)16-12-11-14-7-5-6-8-15(14)13-16/h5-8,11-13,17-19H,2-4,9-10H2,1H3. The third-order valence-electron chi connectivity index (χ3n) is 4.59. The fourth-order valence-electron chi connectivity index (χ4n) is 3.49. The fraction of sp³-hybridized carbons (Fsp3) is 0.444. The van der Waals surface area contributed by atoms with Gasteiger partial charge in [-0.05, 0) is 42.1 Å². The third kappa shape index (κ3) is 2.66. The molecule has 0 aliphatic heterocycles. The Bertz CT molecular complexity index is 546. The highest BCUT2D eigenvalue weighted by molar-refractivity contribution is 5.83. The van der Waals surface area contributed by atoms with Crippen molar-refractivity contribution in [2.24, 2.45) is 0 Å². The van der Waals surface area contributed by atoms with E-state index in [4.69, 9.17) is 0 Å².